The van der Waals surface area contributed by atoms with Crippen LogP contribution < -0.4 is 16.4 Å². The van der Waals surface area contributed by atoms with E-state index in [4.69, 9.17) is 15.9 Å². The number of likely N-dealkylation sites (N-methyl/N-ethyl adjacent to an activating group) is 1. The number of hydrogen-bond donors (Lipinski definition) is 4. The normalized spacial score (nSPS) is 22.3. The molecule has 4 atom stereocenters. The molecule has 2 heterocycles. The zero-order chi connectivity index (χ0) is 33.7. The van der Waals surface area contributed by atoms with E-state index in [1.54, 1.807) is 34.5 Å². The van der Waals surface area contributed by atoms with Crippen molar-refractivity contribution >= 4 is 34.9 Å². The summed E-state index contributed by atoms with van der Waals surface area (Å²) in [4.78, 5) is 45.0. The van der Waals surface area contributed by atoms with Gasteiger partial charge >= 0.3 is 0 Å². The van der Waals surface area contributed by atoms with Crippen LogP contribution in [0.2, 0.25) is 0 Å². The number of nitrogens with one attached hydrogen (secondary N) is 3. The summed E-state index contributed by atoms with van der Waals surface area (Å²) in [6.45, 7) is 3.15. The average molecular weight is 665 g/mol. The highest BCUT2D eigenvalue weighted by atomic mass is 32.1. The molecule has 2 aromatic carbocycles. The van der Waals surface area contributed by atoms with E-state index in [-0.39, 0.29) is 58.0 Å². The smallest absolute Gasteiger partial charge is 0.299 e. The minimum Gasteiger partial charge on any atom is -0.384 e. The van der Waals surface area contributed by atoms with Gasteiger partial charge in [-0.05, 0) is 63.2 Å². The van der Waals surface area contributed by atoms with Crippen LogP contribution in [0, 0.1) is 10.8 Å². The molecule has 10 nitrogen and oxygen atoms in total. The number of alkyl halides is 2. The maximum absolute atomic E-state index is 15.0. The van der Waals surface area contributed by atoms with Gasteiger partial charge in [0.15, 0.2) is 0 Å². The fraction of sp³-hybridized carbons (Fsp3) is 0.412. The van der Waals surface area contributed by atoms with Crippen LogP contribution in [-0.4, -0.2) is 85.8 Å². The van der Waals surface area contributed by atoms with Gasteiger partial charge in [0.05, 0.1) is 25.8 Å². The number of thiophene rings is 1. The number of fused-ring (bicyclic) bond motifs is 4. The Hall–Kier alpha value is -4.20. The molecule has 1 aliphatic heterocycles. The number of nitrogen functional groups attached to an aromatic ring is 1. The molecule has 2 fully saturated rings. The molecule has 1 saturated carbocycles. The molecule has 0 bridgehead atoms. The summed E-state index contributed by atoms with van der Waals surface area (Å²) < 4.78 is 36.0. The van der Waals surface area contributed by atoms with E-state index in [0.717, 1.165) is 11.4 Å². The van der Waals surface area contributed by atoms with Crippen LogP contribution in [0.3, 0.4) is 0 Å². The quantitative estimate of drug-likeness (QED) is 0.132. The first-order valence-corrected chi connectivity index (χ1v) is 16.4. The van der Waals surface area contributed by atoms with Gasteiger partial charge in [-0.2, -0.15) is 8.78 Å². The highest BCUT2D eigenvalue weighted by Gasteiger charge is 2.67. The number of carbonyl (C=O) groups excluding carboxylic acids is 3. The predicted molar refractivity (Wildman–Crippen MR) is 175 cm³/mol. The van der Waals surface area contributed by atoms with Crippen LogP contribution in [0.15, 0.2) is 53.9 Å². The number of likely N-dealkylation sites (tertiary alicyclic amines) is 1. The molecule has 0 unspecified atom stereocenters. The van der Waals surface area contributed by atoms with E-state index in [2.05, 4.69) is 10.6 Å². The van der Waals surface area contributed by atoms with Crippen LogP contribution in [0.25, 0.3) is 11.1 Å². The predicted octanol–water partition coefficient (Wildman–Crippen LogP) is 3.70. The third kappa shape index (κ3) is 6.15. The number of ether oxygens (including phenoxy) is 1. The molecule has 0 radical (unpaired) electrons. The molecule has 2 aliphatic carbocycles. The summed E-state index contributed by atoms with van der Waals surface area (Å²) in [6, 6.07) is 10.7. The Kier molecular flexibility index (Phi) is 8.66. The van der Waals surface area contributed by atoms with E-state index >= 15 is 0 Å². The van der Waals surface area contributed by atoms with Crippen LogP contribution >= 0.6 is 11.3 Å². The number of nitrogens with two attached hydrogens (primary N) is 1. The number of rotatable bonds is 12. The second kappa shape index (κ2) is 12.4. The Morgan fingerprint density at radius 3 is 2.57 bits per heavy atom. The number of benzene rings is 2. The molecule has 248 valence electrons. The van der Waals surface area contributed by atoms with E-state index in [0.29, 0.717) is 37.2 Å². The number of nitrogens with zero attached hydrogens (tertiary/aromatic N) is 2. The lowest BCUT2D eigenvalue weighted by molar-refractivity contribution is -0.139. The Morgan fingerprint density at radius 1 is 1.11 bits per heavy atom. The number of piperidine rings is 1. The van der Waals surface area contributed by atoms with Crippen molar-refractivity contribution in [3.8, 4) is 11.1 Å². The Bertz CT molecular complexity index is 1740. The van der Waals surface area contributed by atoms with Crippen molar-refractivity contribution in [1.29, 1.82) is 5.41 Å². The largest absolute Gasteiger partial charge is 0.384 e. The van der Waals surface area contributed by atoms with Crippen LogP contribution in [0.4, 0.5) is 8.78 Å². The Morgan fingerprint density at radius 2 is 1.85 bits per heavy atom. The standard InChI is InChI=1S/C34H38F2N6O4S/c1-19(27-13-21(17-47-27)30(37)38)40-32(45)26-14-33(18-46-11-10-41(2)3)15-28(33)42(26)29(43)16-39-31(44)20-8-9-25-23(12-20)22-6-4-5-7-24(22)34(25,35)36/h4-9,12-13,17,19,26,28H,10-11,14-16,18H2,1-3H3,(H3,37,38)(H,39,44)(H,40,45)/t19-,26+,28+,33-/m1/s1. The maximum atomic E-state index is 15.0. The molecule has 3 aromatic rings. The van der Waals surface area contributed by atoms with Gasteiger partial charge < -0.3 is 30.9 Å². The maximum Gasteiger partial charge on any atom is 0.299 e. The third-order valence-corrected chi connectivity index (χ3v) is 10.5. The van der Waals surface area contributed by atoms with Crippen molar-refractivity contribution < 1.29 is 27.9 Å². The van der Waals surface area contributed by atoms with Crippen molar-refractivity contribution in [1.82, 2.24) is 20.4 Å². The van der Waals surface area contributed by atoms with E-state index in [9.17, 15) is 23.2 Å². The van der Waals surface area contributed by atoms with Gasteiger partial charge in [-0.3, -0.25) is 19.8 Å². The fourth-order valence-corrected chi connectivity index (χ4v) is 7.63. The van der Waals surface area contributed by atoms with Crippen molar-refractivity contribution in [3.63, 3.8) is 0 Å². The summed E-state index contributed by atoms with van der Waals surface area (Å²) in [5, 5.41) is 15.1. The zero-order valence-electron chi connectivity index (χ0n) is 26.4. The van der Waals surface area contributed by atoms with Gasteiger partial charge in [-0.25, -0.2) is 0 Å². The molecule has 1 aromatic heterocycles. The molecule has 0 spiro atoms. The lowest BCUT2D eigenvalue weighted by Crippen LogP contribution is -2.51. The zero-order valence-corrected chi connectivity index (χ0v) is 27.3. The highest BCUT2D eigenvalue weighted by Crippen LogP contribution is 2.59. The van der Waals surface area contributed by atoms with Crippen LogP contribution in [0.1, 0.15) is 57.7 Å². The molecule has 13 heteroatoms. The minimum atomic E-state index is -3.16. The average Bonchev–Trinajstić information content (AvgIpc) is 3.33. The van der Waals surface area contributed by atoms with Gasteiger partial charge in [0.1, 0.15) is 11.9 Å². The van der Waals surface area contributed by atoms with Gasteiger partial charge in [0.2, 0.25) is 11.8 Å². The first kappa shape index (κ1) is 32.7. The molecular formula is C34H38F2N6O4S. The minimum absolute atomic E-state index is 0.0559. The second-order valence-corrected chi connectivity index (χ2v) is 13.8. The summed E-state index contributed by atoms with van der Waals surface area (Å²) >= 11 is 1.39. The highest BCUT2D eigenvalue weighted by molar-refractivity contribution is 7.10. The first-order chi connectivity index (χ1) is 22.3. The molecule has 5 N–H and O–H groups in total. The van der Waals surface area contributed by atoms with Crippen molar-refractivity contribution in [3.05, 3.63) is 81.0 Å². The molecule has 1 saturated heterocycles. The molecule has 47 heavy (non-hydrogen) atoms. The van der Waals surface area contributed by atoms with Crippen LogP contribution in [-0.2, 0) is 20.2 Å². The van der Waals surface area contributed by atoms with Crippen molar-refractivity contribution in [2.75, 3.05) is 40.4 Å². The Labute approximate surface area is 275 Å². The van der Waals surface area contributed by atoms with Gasteiger partial charge in [0.25, 0.3) is 11.8 Å². The lowest BCUT2D eigenvalue weighted by atomic mass is 10.00. The molecule has 3 aliphatic rings. The summed E-state index contributed by atoms with van der Waals surface area (Å²) in [6.07, 6.45) is 1.12. The summed E-state index contributed by atoms with van der Waals surface area (Å²) in [5.74, 6) is -4.51. The third-order valence-electron chi connectivity index (χ3n) is 9.37. The lowest BCUT2D eigenvalue weighted by Gasteiger charge is -2.28. The fourth-order valence-electron chi connectivity index (χ4n) is 6.71. The number of amides is 3. The van der Waals surface area contributed by atoms with Gasteiger partial charge in [0, 0.05) is 50.5 Å². The first-order valence-electron chi connectivity index (χ1n) is 15.5. The van der Waals surface area contributed by atoms with Crippen molar-refractivity contribution in [2.45, 2.75) is 43.8 Å². The molecular weight excluding hydrogens is 626 g/mol. The number of carbonyl (C=O) groups is 3. The number of amidine groups is 1. The number of hydrogen-bond acceptors (Lipinski definition) is 7. The molecule has 6 rings (SSSR count). The molecule has 3 amide bonds. The Balaban J connectivity index is 1.15. The van der Waals surface area contributed by atoms with Gasteiger partial charge in [-0.1, -0.05) is 30.3 Å². The summed E-state index contributed by atoms with van der Waals surface area (Å²) in [5.41, 5.74) is 6.39. The second-order valence-electron chi connectivity index (χ2n) is 12.9. The van der Waals surface area contributed by atoms with Gasteiger partial charge in [-0.15, -0.1) is 11.3 Å². The van der Waals surface area contributed by atoms with E-state index in [1.165, 1.54) is 35.6 Å². The van der Waals surface area contributed by atoms with E-state index < -0.39 is 23.8 Å². The number of halogens is 2. The van der Waals surface area contributed by atoms with E-state index in [1.807, 2.05) is 25.9 Å². The van der Waals surface area contributed by atoms with Crippen molar-refractivity contribution in [2.24, 2.45) is 11.1 Å². The monoisotopic (exact) mass is 664 g/mol. The summed E-state index contributed by atoms with van der Waals surface area (Å²) in [7, 11) is 3.91. The topological polar surface area (TPSA) is 141 Å². The SMILES string of the molecule is C[C@@H](NC(=O)[C@@H]1C[C@]2(COCCN(C)C)C[C@@H]2N1C(=O)CNC(=O)c1ccc2c(c1)-c1ccccc1C2(F)F)c1cc(C(=N)N)cs1. The van der Waals surface area contributed by atoms with Crippen LogP contribution in [0.5, 0.6) is 0 Å².